The van der Waals surface area contributed by atoms with Crippen molar-refractivity contribution in [2.45, 2.75) is 53.8 Å². The molecule has 0 aliphatic heterocycles. The molecule has 1 N–H and O–H groups in total. The fourth-order valence-corrected chi connectivity index (χ4v) is 2.08. The average molecular weight is 312 g/mol. The second-order valence-corrected chi connectivity index (χ2v) is 6.05. The highest BCUT2D eigenvalue weighted by Gasteiger charge is 2.07. The van der Waals surface area contributed by atoms with E-state index in [4.69, 9.17) is 0 Å². The standard InChI is InChI=1S/C15H25N5.ClH/c1-11(2)8-19-10-14(7-17-19)6-16-15-13(5)9-20(18-15)12(3)4;/h7,9-12H,6,8H2,1-5H3,(H,16,18);1H. The summed E-state index contributed by atoms with van der Waals surface area (Å²) in [7, 11) is 0. The number of aryl methyl sites for hydroxylation is 1. The Labute approximate surface area is 133 Å². The van der Waals surface area contributed by atoms with E-state index in [1.165, 1.54) is 11.1 Å². The van der Waals surface area contributed by atoms with E-state index in [0.29, 0.717) is 12.0 Å². The van der Waals surface area contributed by atoms with E-state index in [1.54, 1.807) is 0 Å². The molecule has 0 bridgehead atoms. The van der Waals surface area contributed by atoms with Crippen molar-refractivity contribution in [2.24, 2.45) is 5.92 Å². The van der Waals surface area contributed by atoms with Gasteiger partial charge >= 0.3 is 0 Å². The van der Waals surface area contributed by atoms with Crippen molar-refractivity contribution >= 4 is 18.2 Å². The maximum absolute atomic E-state index is 4.56. The molecule has 2 heterocycles. The molecule has 0 fully saturated rings. The van der Waals surface area contributed by atoms with E-state index in [9.17, 15) is 0 Å². The number of nitrogens with one attached hydrogen (secondary N) is 1. The van der Waals surface area contributed by atoms with Crippen molar-refractivity contribution in [2.75, 3.05) is 5.32 Å². The molecule has 6 heteroatoms. The van der Waals surface area contributed by atoms with Gasteiger partial charge in [-0.3, -0.25) is 9.36 Å². The summed E-state index contributed by atoms with van der Waals surface area (Å²) in [6.45, 7) is 12.5. The number of hydrogen-bond donors (Lipinski definition) is 1. The van der Waals surface area contributed by atoms with Gasteiger partial charge in [0.05, 0.1) is 6.20 Å². The minimum atomic E-state index is 0. The SMILES string of the molecule is Cc1cn(C(C)C)nc1NCc1cnn(CC(C)C)c1.Cl. The van der Waals surface area contributed by atoms with Crippen LogP contribution >= 0.6 is 12.4 Å². The van der Waals surface area contributed by atoms with E-state index >= 15 is 0 Å². The van der Waals surface area contributed by atoms with Crippen molar-refractivity contribution < 1.29 is 0 Å². The minimum Gasteiger partial charge on any atom is -0.364 e. The number of halogens is 1. The maximum atomic E-state index is 4.56. The highest BCUT2D eigenvalue weighted by atomic mass is 35.5. The highest BCUT2D eigenvalue weighted by Crippen LogP contribution is 2.15. The molecule has 0 atom stereocenters. The molecule has 2 aromatic heterocycles. The Balaban J connectivity index is 0.00000220. The largest absolute Gasteiger partial charge is 0.364 e. The zero-order valence-corrected chi connectivity index (χ0v) is 14.3. The van der Waals surface area contributed by atoms with Gasteiger partial charge in [-0.2, -0.15) is 10.2 Å². The Hall–Kier alpha value is -1.49. The van der Waals surface area contributed by atoms with Gasteiger partial charge in [-0.25, -0.2) is 0 Å². The number of nitrogens with zero attached hydrogens (tertiary/aromatic N) is 4. The van der Waals surface area contributed by atoms with E-state index in [2.05, 4.69) is 62.5 Å². The maximum Gasteiger partial charge on any atom is 0.151 e. The van der Waals surface area contributed by atoms with E-state index in [-0.39, 0.29) is 12.4 Å². The zero-order valence-electron chi connectivity index (χ0n) is 13.5. The molecule has 0 radical (unpaired) electrons. The van der Waals surface area contributed by atoms with Crippen LogP contribution in [0.25, 0.3) is 0 Å². The van der Waals surface area contributed by atoms with Gasteiger partial charge in [0.2, 0.25) is 0 Å². The van der Waals surface area contributed by atoms with E-state index < -0.39 is 0 Å². The summed E-state index contributed by atoms with van der Waals surface area (Å²) in [5.74, 6) is 1.56. The lowest BCUT2D eigenvalue weighted by atomic mass is 10.2. The first-order valence-corrected chi connectivity index (χ1v) is 7.26. The molecule has 0 aliphatic rings. The highest BCUT2D eigenvalue weighted by molar-refractivity contribution is 5.85. The van der Waals surface area contributed by atoms with E-state index in [1.807, 2.05) is 15.6 Å². The van der Waals surface area contributed by atoms with Gasteiger partial charge in [-0.1, -0.05) is 13.8 Å². The third-order valence-electron chi connectivity index (χ3n) is 3.14. The Kier molecular flexibility index (Phi) is 6.27. The van der Waals surface area contributed by atoms with Crippen LogP contribution in [0.4, 0.5) is 5.82 Å². The van der Waals surface area contributed by atoms with Gasteiger partial charge in [0.1, 0.15) is 0 Å². The molecular weight excluding hydrogens is 286 g/mol. The van der Waals surface area contributed by atoms with Gasteiger partial charge < -0.3 is 5.32 Å². The van der Waals surface area contributed by atoms with Crippen LogP contribution in [0.2, 0.25) is 0 Å². The molecule has 2 aromatic rings. The quantitative estimate of drug-likeness (QED) is 0.885. The predicted molar refractivity (Wildman–Crippen MR) is 89.0 cm³/mol. The molecule has 5 nitrogen and oxygen atoms in total. The second-order valence-electron chi connectivity index (χ2n) is 6.05. The fraction of sp³-hybridized carbons (Fsp3) is 0.600. The van der Waals surface area contributed by atoms with Crippen LogP contribution in [0, 0.1) is 12.8 Å². The predicted octanol–water partition coefficient (Wildman–Crippen LogP) is 3.66. The summed E-state index contributed by atoms with van der Waals surface area (Å²) in [4.78, 5) is 0. The van der Waals surface area contributed by atoms with Gasteiger partial charge in [0.15, 0.2) is 5.82 Å². The lowest BCUT2D eigenvalue weighted by Gasteiger charge is -2.05. The van der Waals surface area contributed by atoms with Crippen LogP contribution in [0.15, 0.2) is 18.6 Å². The summed E-state index contributed by atoms with van der Waals surface area (Å²) in [6.07, 6.45) is 6.10. The van der Waals surface area contributed by atoms with Gasteiger partial charge in [-0.05, 0) is 26.7 Å². The third-order valence-corrected chi connectivity index (χ3v) is 3.14. The molecule has 0 unspecified atom stereocenters. The van der Waals surface area contributed by atoms with Crippen LogP contribution in [0.1, 0.15) is 44.9 Å². The summed E-state index contributed by atoms with van der Waals surface area (Å²) < 4.78 is 3.99. The zero-order chi connectivity index (χ0) is 14.7. The summed E-state index contributed by atoms with van der Waals surface area (Å²) in [5.41, 5.74) is 2.36. The lowest BCUT2D eigenvalue weighted by molar-refractivity contribution is 0.483. The lowest BCUT2D eigenvalue weighted by Crippen LogP contribution is -2.05. The fourth-order valence-electron chi connectivity index (χ4n) is 2.08. The normalized spacial score (nSPS) is 11.0. The minimum absolute atomic E-state index is 0. The Morgan fingerprint density at radius 2 is 1.90 bits per heavy atom. The average Bonchev–Trinajstić information content (AvgIpc) is 2.93. The molecule has 0 amide bonds. The summed E-state index contributed by atoms with van der Waals surface area (Å²) >= 11 is 0. The van der Waals surface area contributed by atoms with Crippen LogP contribution in [-0.2, 0) is 13.1 Å². The first-order valence-electron chi connectivity index (χ1n) is 7.26. The van der Waals surface area contributed by atoms with Gasteiger partial charge in [0.25, 0.3) is 0 Å². The first-order chi connectivity index (χ1) is 9.45. The van der Waals surface area contributed by atoms with Crippen LogP contribution in [-0.4, -0.2) is 19.6 Å². The molecule has 2 rings (SSSR count). The molecule has 0 aliphatic carbocycles. The Morgan fingerprint density at radius 3 is 2.48 bits per heavy atom. The molecule has 0 saturated carbocycles. The van der Waals surface area contributed by atoms with Crippen LogP contribution in [0.5, 0.6) is 0 Å². The Morgan fingerprint density at radius 1 is 1.19 bits per heavy atom. The van der Waals surface area contributed by atoms with Crippen LogP contribution in [0.3, 0.4) is 0 Å². The Bertz CT molecular complexity index is 556. The monoisotopic (exact) mass is 311 g/mol. The first kappa shape index (κ1) is 17.6. The number of hydrogen-bond acceptors (Lipinski definition) is 3. The second kappa shape index (κ2) is 7.50. The number of aromatic nitrogens is 4. The number of rotatable bonds is 6. The molecule has 0 spiro atoms. The molecule has 0 saturated heterocycles. The topological polar surface area (TPSA) is 47.7 Å². The number of anilines is 1. The molecule has 21 heavy (non-hydrogen) atoms. The van der Waals surface area contributed by atoms with Crippen molar-refractivity contribution in [3.05, 3.63) is 29.7 Å². The molecular formula is C15H26ClN5. The summed E-state index contributed by atoms with van der Waals surface area (Å²) in [5, 5.41) is 12.3. The third kappa shape index (κ3) is 4.77. The molecule has 0 aromatic carbocycles. The van der Waals surface area contributed by atoms with Crippen molar-refractivity contribution in [3.63, 3.8) is 0 Å². The van der Waals surface area contributed by atoms with E-state index in [0.717, 1.165) is 18.9 Å². The smallest absolute Gasteiger partial charge is 0.151 e. The molecule has 118 valence electrons. The summed E-state index contributed by atoms with van der Waals surface area (Å²) in [6, 6.07) is 0.387. The van der Waals surface area contributed by atoms with Gasteiger partial charge in [0, 0.05) is 42.7 Å². The van der Waals surface area contributed by atoms with Crippen molar-refractivity contribution in [1.82, 2.24) is 19.6 Å². The van der Waals surface area contributed by atoms with Crippen molar-refractivity contribution in [3.8, 4) is 0 Å². The van der Waals surface area contributed by atoms with Gasteiger partial charge in [-0.15, -0.1) is 12.4 Å². The van der Waals surface area contributed by atoms with Crippen molar-refractivity contribution in [1.29, 1.82) is 0 Å². The van der Waals surface area contributed by atoms with Crippen LogP contribution < -0.4 is 5.32 Å².